The van der Waals surface area contributed by atoms with E-state index in [0.29, 0.717) is 5.92 Å². The van der Waals surface area contributed by atoms with Crippen LogP contribution in [0, 0.1) is 11.3 Å². The van der Waals surface area contributed by atoms with Crippen molar-refractivity contribution in [1.82, 2.24) is 0 Å². The van der Waals surface area contributed by atoms with E-state index in [1.165, 1.54) is 0 Å². The SMILES string of the molecule is C=C[C@@]12O[C@@]3(OC)CC[C@@]1(C)[C@H](CC=C2Br)C3. The van der Waals surface area contributed by atoms with E-state index in [1.54, 1.807) is 7.11 Å². The first-order valence-electron chi connectivity index (χ1n) is 6.27. The summed E-state index contributed by atoms with van der Waals surface area (Å²) >= 11 is 3.69. The second-order valence-electron chi connectivity index (χ2n) is 5.76. The minimum atomic E-state index is -0.399. The van der Waals surface area contributed by atoms with Crippen molar-refractivity contribution in [2.24, 2.45) is 11.3 Å². The molecule has 0 unspecified atom stereocenters. The summed E-state index contributed by atoms with van der Waals surface area (Å²) in [5.74, 6) is 0.230. The molecule has 0 aromatic rings. The van der Waals surface area contributed by atoms with Gasteiger partial charge in [-0.25, -0.2) is 0 Å². The summed E-state index contributed by atoms with van der Waals surface area (Å²) in [7, 11) is 1.76. The summed E-state index contributed by atoms with van der Waals surface area (Å²) in [6.07, 6.45) is 8.46. The van der Waals surface area contributed by atoms with Crippen LogP contribution in [0.1, 0.15) is 32.6 Å². The number of rotatable bonds is 2. The van der Waals surface area contributed by atoms with E-state index in [4.69, 9.17) is 9.47 Å². The van der Waals surface area contributed by atoms with Crippen LogP contribution in [0.5, 0.6) is 0 Å². The van der Waals surface area contributed by atoms with Crippen LogP contribution in [-0.2, 0) is 9.47 Å². The zero-order chi connectivity index (χ0) is 12.3. The predicted octanol–water partition coefficient (Wildman–Crippen LogP) is 3.77. The van der Waals surface area contributed by atoms with Crippen molar-refractivity contribution in [2.45, 2.75) is 44.0 Å². The van der Waals surface area contributed by atoms with E-state index in [0.717, 1.165) is 30.2 Å². The van der Waals surface area contributed by atoms with E-state index >= 15 is 0 Å². The van der Waals surface area contributed by atoms with Gasteiger partial charge in [0.25, 0.3) is 0 Å². The molecule has 4 atom stereocenters. The molecule has 2 aliphatic carbocycles. The Labute approximate surface area is 111 Å². The second kappa shape index (κ2) is 3.46. The van der Waals surface area contributed by atoms with Crippen molar-refractivity contribution in [2.75, 3.05) is 7.11 Å². The maximum atomic E-state index is 6.39. The van der Waals surface area contributed by atoms with Crippen LogP contribution in [0.4, 0.5) is 0 Å². The van der Waals surface area contributed by atoms with Crippen LogP contribution in [0.3, 0.4) is 0 Å². The third-order valence-electron chi connectivity index (χ3n) is 5.27. The predicted molar refractivity (Wildman–Crippen MR) is 70.8 cm³/mol. The fourth-order valence-electron chi connectivity index (χ4n) is 4.01. The van der Waals surface area contributed by atoms with Gasteiger partial charge in [0.05, 0.1) is 0 Å². The lowest BCUT2D eigenvalue weighted by molar-refractivity contribution is -0.363. The molecule has 4 aliphatic rings. The van der Waals surface area contributed by atoms with Gasteiger partial charge < -0.3 is 9.47 Å². The fourth-order valence-corrected chi connectivity index (χ4v) is 4.89. The molecule has 3 heteroatoms. The molecule has 3 fully saturated rings. The molecular weight excluding hydrogens is 280 g/mol. The van der Waals surface area contributed by atoms with Gasteiger partial charge >= 0.3 is 0 Å². The van der Waals surface area contributed by atoms with Crippen molar-refractivity contribution in [3.63, 3.8) is 0 Å². The molecule has 0 spiro atoms. The molecule has 0 amide bonds. The van der Waals surface area contributed by atoms with Crippen LogP contribution in [0.2, 0.25) is 0 Å². The van der Waals surface area contributed by atoms with E-state index in [2.05, 4.69) is 35.5 Å². The molecule has 94 valence electrons. The molecule has 17 heavy (non-hydrogen) atoms. The summed E-state index contributed by atoms with van der Waals surface area (Å²) in [5, 5.41) is 0. The van der Waals surface area contributed by atoms with Gasteiger partial charge in [0.15, 0.2) is 5.79 Å². The molecule has 0 N–H and O–H groups in total. The van der Waals surface area contributed by atoms with Crippen LogP contribution in [0.25, 0.3) is 0 Å². The van der Waals surface area contributed by atoms with Crippen molar-refractivity contribution in [1.29, 1.82) is 0 Å². The third-order valence-corrected chi connectivity index (χ3v) is 6.19. The van der Waals surface area contributed by atoms with E-state index in [1.807, 2.05) is 6.08 Å². The van der Waals surface area contributed by atoms with Crippen molar-refractivity contribution in [3.8, 4) is 0 Å². The fraction of sp³-hybridized carbons (Fsp3) is 0.714. The lowest BCUT2D eigenvalue weighted by Crippen LogP contribution is -2.68. The van der Waals surface area contributed by atoms with Crippen LogP contribution >= 0.6 is 15.9 Å². The maximum Gasteiger partial charge on any atom is 0.169 e. The topological polar surface area (TPSA) is 18.5 Å². The summed E-state index contributed by atoms with van der Waals surface area (Å²) in [6.45, 7) is 6.36. The average Bonchev–Trinajstić information content (AvgIpc) is 2.34. The van der Waals surface area contributed by atoms with Crippen molar-refractivity contribution >= 4 is 15.9 Å². The Hall–Kier alpha value is -0.120. The summed E-state index contributed by atoms with van der Waals surface area (Å²) < 4.78 is 13.2. The number of methoxy groups -OCH3 is 1. The van der Waals surface area contributed by atoms with E-state index < -0.39 is 5.79 Å². The molecule has 0 aromatic heterocycles. The highest BCUT2D eigenvalue weighted by Gasteiger charge is 2.67. The molecule has 1 saturated carbocycles. The number of fused-ring (bicyclic) bond motifs is 1. The lowest BCUT2D eigenvalue weighted by Gasteiger charge is -2.66. The number of hydrogen-bond donors (Lipinski definition) is 0. The van der Waals surface area contributed by atoms with Crippen LogP contribution in [-0.4, -0.2) is 18.5 Å². The third kappa shape index (κ3) is 1.23. The Morgan fingerprint density at radius 3 is 3.00 bits per heavy atom. The molecule has 2 nitrogen and oxygen atoms in total. The summed E-state index contributed by atoms with van der Waals surface area (Å²) in [5.41, 5.74) is -0.231. The second-order valence-corrected chi connectivity index (χ2v) is 6.62. The lowest BCUT2D eigenvalue weighted by atomic mass is 9.51. The highest BCUT2D eigenvalue weighted by Crippen LogP contribution is 2.66. The van der Waals surface area contributed by atoms with Gasteiger partial charge in [0.1, 0.15) is 5.60 Å². The minimum absolute atomic E-state index is 0.155. The molecule has 2 heterocycles. The number of ether oxygens (including phenoxy) is 2. The first-order chi connectivity index (χ1) is 8.02. The number of allylic oxidation sites excluding steroid dienone is 1. The Morgan fingerprint density at radius 2 is 2.35 bits per heavy atom. The Bertz CT molecular complexity index is 405. The van der Waals surface area contributed by atoms with Crippen molar-refractivity contribution in [3.05, 3.63) is 23.2 Å². The van der Waals surface area contributed by atoms with Gasteiger partial charge in [-0.15, -0.1) is 0 Å². The maximum absolute atomic E-state index is 6.39. The van der Waals surface area contributed by atoms with Gasteiger partial charge in [-0.1, -0.05) is 41.6 Å². The Morgan fingerprint density at radius 1 is 1.59 bits per heavy atom. The first-order valence-corrected chi connectivity index (χ1v) is 7.06. The zero-order valence-electron chi connectivity index (χ0n) is 10.5. The Kier molecular flexibility index (Phi) is 2.43. The van der Waals surface area contributed by atoms with E-state index in [-0.39, 0.29) is 11.0 Å². The minimum Gasteiger partial charge on any atom is -0.353 e. The molecule has 4 bridgehead atoms. The van der Waals surface area contributed by atoms with Gasteiger partial charge in [0.2, 0.25) is 0 Å². The van der Waals surface area contributed by atoms with Crippen molar-refractivity contribution < 1.29 is 9.47 Å². The zero-order valence-corrected chi connectivity index (χ0v) is 12.0. The molecule has 2 saturated heterocycles. The number of halogens is 1. The first kappa shape index (κ1) is 11.9. The summed E-state index contributed by atoms with van der Waals surface area (Å²) in [4.78, 5) is 0. The summed E-state index contributed by atoms with van der Waals surface area (Å²) in [6, 6.07) is 0. The van der Waals surface area contributed by atoms with Gasteiger partial charge in [-0.2, -0.15) is 0 Å². The van der Waals surface area contributed by atoms with Gasteiger partial charge in [0, 0.05) is 29.8 Å². The highest BCUT2D eigenvalue weighted by atomic mass is 79.9. The highest BCUT2D eigenvalue weighted by molar-refractivity contribution is 9.11. The quantitative estimate of drug-likeness (QED) is 0.723. The molecular formula is C14H19BrO2. The molecule has 4 rings (SSSR count). The average molecular weight is 299 g/mol. The Balaban J connectivity index is 2.17. The standard InChI is InChI=1S/C14H19BrO2/c1-4-14-11(15)6-5-10-9-13(16-3,17-14)8-7-12(10,14)2/h4,6,10H,1,5,7-9H2,2-3H3/t10-,12+,13+,14+/m1/s1. The van der Waals surface area contributed by atoms with Gasteiger partial charge in [-0.05, 0) is 18.8 Å². The molecule has 2 aliphatic heterocycles. The van der Waals surface area contributed by atoms with E-state index in [9.17, 15) is 0 Å². The molecule has 0 aromatic carbocycles. The largest absolute Gasteiger partial charge is 0.353 e. The van der Waals surface area contributed by atoms with Gasteiger partial charge in [-0.3, -0.25) is 0 Å². The van der Waals surface area contributed by atoms with Crippen LogP contribution < -0.4 is 0 Å². The number of hydrogen-bond acceptors (Lipinski definition) is 2. The smallest absolute Gasteiger partial charge is 0.169 e. The molecule has 0 radical (unpaired) electrons. The normalized spacial score (nSPS) is 52.2. The van der Waals surface area contributed by atoms with Crippen LogP contribution in [0.15, 0.2) is 23.2 Å². The monoisotopic (exact) mass is 298 g/mol.